The average molecular weight is 386 g/mol. The Bertz CT molecular complexity index is 483. The molecule has 1 aromatic carbocycles. The molecular weight excluding hydrogens is 349 g/mol. The van der Waals surface area contributed by atoms with Crippen molar-refractivity contribution in [2.45, 2.75) is 101 Å². The van der Waals surface area contributed by atoms with Crippen LogP contribution in [0, 0.1) is 6.92 Å². The van der Waals surface area contributed by atoms with Crippen LogP contribution in [-0.2, 0) is 4.87 Å². The summed E-state index contributed by atoms with van der Waals surface area (Å²) in [4.78, 5) is -1.69. The van der Waals surface area contributed by atoms with Gasteiger partial charge in [-0.25, -0.2) is 0 Å². The third-order valence-corrected chi connectivity index (χ3v) is 6.53. The van der Waals surface area contributed by atoms with E-state index in [0.29, 0.717) is 0 Å². The van der Waals surface area contributed by atoms with Gasteiger partial charge < -0.3 is 5.73 Å². The molecule has 1 nitrogen and oxygen atoms in total. The van der Waals surface area contributed by atoms with Crippen LogP contribution < -0.4 is 5.73 Å². The number of halogens is 2. The van der Waals surface area contributed by atoms with E-state index < -0.39 is 9.87 Å². The van der Waals surface area contributed by atoms with E-state index in [9.17, 15) is 0 Å². The first-order valence-corrected chi connectivity index (χ1v) is 10.8. The molecule has 0 amide bonds. The highest BCUT2D eigenvalue weighted by Gasteiger charge is 2.44. The molecular formula is C22H37Cl2N. The van der Waals surface area contributed by atoms with Crippen LogP contribution in [0.5, 0.6) is 0 Å². The SMILES string of the molecule is CCCCCCCCCCCCC(N)(Cl)C(C)(Cl)c1ccccc1C. The molecule has 1 aromatic rings. The van der Waals surface area contributed by atoms with Crippen LogP contribution in [0.2, 0.25) is 0 Å². The zero-order chi connectivity index (χ0) is 18.8. The van der Waals surface area contributed by atoms with Crippen LogP contribution in [0.15, 0.2) is 24.3 Å². The van der Waals surface area contributed by atoms with E-state index in [1.165, 1.54) is 57.8 Å². The maximum absolute atomic E-state index is 6.82. The molecule has 3 heteroatoms. The van der Waals surface area contributed by atoms with Crippen LogP contribution >= 0.6 is 23.2 Å². The van der Waals surface area contributed by atoms with Crippen LogP contribution in [0.25, 0.3) is 0 Å². The summed E-state index contributed by atoms with van der Waals surface area (Å²) in [7, 11) is 0. The smallest absolute Gasteiger partial charge is 0.114 e. The zero-order valence-electron chi connectivity index (χ0n) is 16.4. The van der Waals surface area contributed by atoms with Crippen LogP contribution in [-0.4, -0.2) is 5.00 Å². The molecule has 0 aromatic heterocycles. The van der Waals surface area contributed by atoms with E-state index in [1.54, 1.807) is 0 Å². The van der Waals surface area contributed by atoms with E-state index >= 15 is 0 Å². The fraction of sp³-hybridized carbons (Fsp3) is 0.727. The second-order valence-electron chi connectivity index (χ2n) is 7.61. The lowest BCUT2D eigenvalue weighted by atomic mass is 9.86. The van der Waals surface area contributed by atoms with Gasteiger partial charge in [0.2, 0.25) is 0 Å². The Hall–Kier alpha value is -0.240. The average Bonchev–Trinajstić information content (AvgIpc) is 2.56. The molecule has 144 valence electrons. The second kappa shape index (κ2) is 11.5. The number of aryl methyl sites for hydroxylation is 1. The van der Waals surface area contributed by atoms with E-state index in [1.807, 2.05) is 25.1 Å². The van der Waals surface area contributed by atoms with E-state index in [-0.39, 0.29) is 0 Å². The fourth-order valence-electron chi connectivity index (χ4n) is 3.43. The molecule has 0 aliphatic rings. The largest absolute Gasteiger partial charge is 0.311 e. The van der Waals surface area contributed by atoms with Gasteiger partial charge in [0.1, 0.15) is 5.00 Å². The zero-order valence-corrected chi connectivity index (χ0v) is 17.9. The number of alkyl halides is 2. The van der Waals surface area contributed by atoms with Gasteiger partial charge in [0, 0.05) is 0 Å². The van der Waals surface area contributed by atoms with Gasteiger partial charge in [-0.2, -0.15) is 0 Å². The second-order valence-corrected chi connectivity index (χ2v) is 9.04. The summed E-state index contributed by atoms with van der Waals surface area (Å²) in [6.45, 7) is 6.27. The van der Waals surface area contributed by atoms with E-state index in [0.717, 1.165) is 24.0 Å². The summed E-state index contributed by atoms with van der Waals surface area (Å²) in [5.74, 6) is 0. The molecule has 25 heavy (non-hydrogen) atoms. The van der Waals surface area contributed by atoms with Gasteiger partial charge in [-0.15, -0.1) is 23.2 Å². The molecule has 0 spiro atoms. The Morgan fingerprint density at radius 3 is 1.84 bits per heavy atom. The summed E-state index contributed by atoms with van der Waals surface area (Å²) in [6, 6.07) is 8.10. The lowest BCUT2D eigenvalue weighted by Crippen LogP contribution is -2.49. The van der Waals surface area contributed by atoms with Gasteiger partial charge in [0.25, 0.3) is 0 Å². The molecule has 0 saturated carbocycles. The van der Waals surface area contributed by atoms with Gasteiger partial charge in [-0.3, -0.25) is 0 Å². The molecule has 1 rings (SSSR count). The number of benzene rings is 1. The first-order chi connectivity index (χ1) is 11.8. The minimum atomic E-state index is -0.930. The van der Waals surface area contributed by atoms with Crippen molar-refractivity contribution < 1.29 is 0 Å². The first-order valence-electron chi connectivity index (χ1n) is 10.1. The van der Waals surface area contributed by atoms with E-state index in [4.69, 9.17) is 28.9 Å². The van der Waals surface area contributed by atoms with Gasteiger partial charge in [-0.1, -0.05) is 95.4 Å². The van der Waals surface area contributed by atoms with E-state index in [2.05, 4.69) is 19.9 Å². The number of hydrogen-bond donors (Lipinski definition) is 1. The highest BCUT2D eigenvalue weighted by atomic mass is 35.5. The summed E-state index contributed by atoms with van der Waals surface area (Å²) >= 11 is 13.5. The molecule has 0 aliphatic heterocycles. The van der Waals surface area contributed by atoms with Crippen molar-refractivity contribution >= 4 is 23.2 Å². The van der Waals surface area contributed by atoms with Crippen LogP contribution in [0.4, 0.5) is 0 Å². The first kappa shape index (κ1) is 22.8. The third-order valence-electron chi connectivity index (χ3n) is 5.33. The summed E-state index contributed by atoms with van der Waals surface area (Å²) in [6.07, 6.45) is 13.8. The van der Waals surface area contributed by atoms with Crippen molar-refractivity contribution in [3.05, 3.63) is 35.4 Å². The van der Waals surface area contributed by atoms with Crippen molar-refractivity contribution in [3.8, 4) is 0 Å². The highest BCUT2D eigenvalue weighted by Crippen LogP contribution is 2.44. The maximum Gasteiger partial charge on any atom is 0.114 e. The quantitative estimate of drug-likeness (QED) is 0.210. The van der Waals surface area contributed by atoms with Crippen molar-refractivity contribution in [1.82, 2.24) is 0 Å². The van der Waals surface area contributed by atoms with Crippen molar-refractivity contribution in [3.63, 3.8) is 0 Å². The van der Waals surface area contributed by atoms with Gasteiger partial charge in [-0.05, 0) is 31.4 Å². The van der Waals surface area contributed by atoms with Crippen LogP contribution in [0.3, 0.4) is 0 Å². The predicted molar refractivity (Wildman–Crippen MR) is 114 cm³/mol. The van der Waals surface area contributed by atoms with Gasteiger partial charge in [0.15, 0.2) is 0 Å². The Morgan fingerprint density at radius 1 is 0.840 bits per heavy atom. The lowest BCUT2D eigenvalue weighted by Gasteiger charge is -2.38. The highest BCUT2D eigenvalue weighted by molar-refractivity contribution is 6.34. The number of nitrogens with two attached hydrogens (primary N) is 1. The number of hydrogen-bond acceptors (Lipinski definition) is 1. The Kier molecular flexibility index (Phi) is 10.5. The summed E-state index contributed by atoms with van der Waals surface area (Å²) in [5.41, 5.74) is 8.60. The van der Waals surface area contributed by atoms with Crippen molar-refractivity contribution in [2.24, 2.45) is 5.73 Å². The normalized spacial score (nSPS) is 16.4. The maximum atomic E-state index is 6.82. The van der Waals surface area contributed by atoms with Gasteiger partial charge >= 0.3 is 0 Å². The Balaban J connectivity index is 2.30. The predicted octanol–water partition coefficient (Wildman–Crippen LogP) is 7.65. The minimum absolute atomic E-state index is 0.736. The number of rotatable bonds is 13. The van der Waals surface area contributed by atoms with Gasteiger partial charge in [0.05, 0.1) is 4.87 Å². The lowest BCUT2D eigenvalue weighted by molar-refractivity contribution is 0.401. The Labute approximate surface area is 165 Å². The molecule has 2 atom stereocenters. The minimum Gasteiger partial charge on any atom is -0.311 e. The molecule has 2 unspecified atom stereocenters. The molecule has 0 fully saturated rings. The molecule has 0 bridgehead atoms. The van der Waals surface area contributed by atoms with Crippen molar-refractivity contribution in [2.75, 3.05) is 0 Å². The molecule has 2 N–H and O–H groups in total. The summed E-state index contributed by atoms with van der Waals surface area (Å²) < 4.78 is 0. The Morgan fingerprint density at radius 2 is 1.32 bits per heavy atom. The van der Waals surface area contributed by atoms with Crippen molar-refractivity contribution in [1.29, 1.82) is 0 Å². The molecule has 0 aliphatic carbocycles. The molecule has 0 saturated heterocycles. The topological polar surface area (TPSA) is 26.0 Å². The third kappa shape index (κ3) is 7.49. The summed E-state index contributed by atoms with van der Waals surface area (Å²) in [5, 5.41) is 0. The monoisotopic (exact) mass is 385 g/mol. The fourth-order valence-corrected chi connectivity index (χ4v) is 3.97. The number of unbranched alkanes of at least 4 members (excludes halogenated alkanes) is 9. The standard InChI is InChI=1S/C22H37Cl2N/c1-4-5-6-7-8-9-10-11-12-15-18-22(24,25)21(3,23)20-17-14-13-16-19(20)2/h13-14,16-17H,4-12,15,18,25H2,1-3H3. The molecule has 0 radical (unpaired) electrons. The van der Waals surface area contributed by atoms with Crippen LogP contribution in [0.1, 0.15) is 95.6 Å². The molecule has 0 heterocycles.